The van der Waals surface area contributed by atoms with E-state index in [0.29, 0.717) is 12.0 Å². The molecule has 0 bridgehead atoms. The van der Waals surface area contributed by atoms with Crippen molar-refractivity contribution in [3.63, 3.8) is 0 Å². The molecule has 1 amide bonds. The first-order valence-corrected chi connectivity index (χ1v) is 5.94. The molecule has 3 nitrogen and oxygen atoms in total. The van der Waals surface area contributed by atoms with Gasteiger partial charge in [0, 0.05) is 23.2 Å². The third-order valence-corrected chi connectivity index (χ3v) is 3.39. The van der Waals surface area contributed by atoms with Crippen molar-refractivity contribution in [3.8, 4) is 0 Å². The van der Waals surface area contributed by atoms with Gasteiger partial charge in [0.1, 0.15) is 0 Å². The molecule has 0 radical (unpaired) electrons. The number of carbonyl (C=O) groups excluding carboxylic acids is 2. The van der Waals surface area contributed by atoms with Crippen molar-refractivity contribution in [3.05, 3.63) is 35.4 Å². The molecule has 17 heavy (non-hydrogen) atoms. The third kappa shape index (κ3) is 1.58. The van der Waals surface area contributed by atoms with Crippen LogP contribution >= 0.6 is 0 Å². The molecule has 0 atom stereocenters. The maximum atomic E-state index is 12.0. The quantitative estimate of drug-likeness (QED) is 0.692. The Morgan fingerprint density at radius 2 is 1.76 bits per heavy atom. The molecule has 0 aromatic heterocycles. The van der Waals surface area contributed by atoms with Gasteiger partial charge in [-0.15, -0.1) is 0 Å². The van der Waals surface area contributed by atoms with Crippen LogP contribution in [0, 0.1) is 0 Å². The number of para-hydroxylation sites is 1. The van der Waals surface area contributed by atoms with Crippen LogP contribution in [0.1, 0.15) is 31.2 Å². The van der Waals surface area contributed by atoms with E-state index >= 15 is 0 Å². The Bertz CT molecular complexity index is 543. The fourth-order valence-corrected chi connectivity index (χ4v) is 2.56. The summed E-state index contributed by atoms with van der Waals surface area (Å²) in [6.07, 6.45) is 3.25. The van der Waals surface area contributed by atoms with E-state index in [-0.39, 0.29) is 11.7 Å². The molecule has 1 N–H and O–H groups in total. The van der Waals surface area contributed by atoms with Gasteiger partial charge >= 0.3 is 0 Å². The number of hydrogen-bond donors (Lipinski definition) is 1. The molecule has 1 aromatic rings. The van der Waals surface area contributed by atoms with Gasteiger partial charge in [-0.2, -0.15) is 0 Å². The van der Waals surface area contributed by atoms with Gasteiger partial charge in [0.15, 0.2) is 5.78 Å². The van der Waals surface area contributed by atoms with E-state index in [1.54, 1.807) is 0 Å². The maximum absolute atomic E-state index is 12.0. The number of nitrogens with one attached hydrogen (secondary N) is 1. The number of allylic oxidation sites excluding steroid dienone is 1. The number of ketones is 1. The number of Topliss-reactive ketones (excluding diaryl/α,β-unsaturated/α-hetero) is 1. The third-order valence-electron chi connectivity index (χ3n) is 3.39. The number of hydrogen-bond acceptors (Lipinski definition) is 2. The molecule has 1 fully saturated rings. The average molecular weight is 227 g/mol. The average Bonchev–Trinajstić information content (AvgIpc) is 2.66. The lowest BCUT2D eigenvalue weighted by Crippen LogP contribution is -2.14. The number of carbonyl (C=O) groups is 2. The lowest BCUT2D eigenvalue weighted by atomic mass is 9.88. The molecule has 1 saturated carbocycles. The maximum Gasteiger partial charge on any atom is 0.256 e. The van der Waals surface area contributed by atoms with Crippen molar-refractivity contribution in [1.82, 2.24) is 0 Å². The minimum absolute atomic E-state index is 0.128. The second-order valence-corrected chi connectivity index (χ2v) is 4.48. The van der Waals surface area contributed by atoms with Gasteiger partial charge in [-0.05, 0) is 25.3 Å². The predicted octanol–water partition coefficient (Wildman–Crippen LogP) is 2.54. The van der Waals surface area contributed by atoms with E-state index < -0.39 is 0 Å². The van der Waals surface area contributed by atoms with Crippen molar-refractivity contribution in [2.45, 2.75) is 25.7 Å². The standard InChI is InChI=1S/C14H13NO2/c16-12-8-4-2-6-10(12)13-9-5-1-3-7-11(9)15-14(13)17/h1,3,5,7H,2,4,6,8H2,(H,15,17)/b13-10+. The van der Waals surface area contributed by atoms with Crippen LogP contribution < -0.4 is 5.32 Å². The summed E-state index contributed by atoms with van der Waals surface area (Å²) in [7, 11) is 0. The molecule has 0 unspecified atom stereocenters. The van der Waals surface area contributed by atoms with Gasteiger partial charge in [-0.25, -0.2) is 0 Å². The van der Waals surface area contributed by atoms with Crippen molar-refractivity contribution < 1.29 is 9.59 Å². The van der Waals surface area contributed by atoms with Gasteiger partial charge in [-0.1, -0.05) is 18.2 Å². The fraction of sp³-hybridized carbons (Fsp3) is 0.286. The van der Waals surface area contributed by atoms with E-state index in [1.165, 1.54) is 0 Å². The summed E-state index contributed by atoms with van der Waals surface area (Å²) in [4.78, 5) is 23.9. The summed E-state index contributed by atoms with van der Waals surface area (Å²) >= 11 is 0. The van der Waals surface area contributed by atoms with Crippen molar-refractivity contribution in [2.75, 3.05) is 5.32 Å². The lowest BCUT2D eigenvalue weighted by molar-refractivity contribution is -0.117. The SMILES string of the molecule is O=C1CCCC/C1=C1\C(=O)Nc2ccccc21. The van der Waals surface area contributed by atoms with Crippen LogP contribution in [-0.4, -0.2) is 11.7 Å². The fourth-order valence-electron chi connectivity index (χ4n) is 2.56. The van der Waals surface area contributed by atoms with Crippen molar-refractivity contribution in [1.29, 1.82) is 0 Å². The summed E-state index contributed by atoms with van der Waals surface area (Å²) in [5.74, 6) is 0.00885. The van der Waals surface area contributed by atoms with Crippen molar-refractivity contribution >= 4 is 23.0 Å². The predicted molar refractivity (Wildman–Crippen MR) is 65.5 cm³/mol. The number of fused-ring (bicyclic) bond motifs is 1. The Kier molecular flexibility index (Phi) is 2.32. The summed E-state index contributed by atoms with van der Waals surface area (Å²) in [5.41, 5.74) is 3.02. The van der Waals surface area contributed by atoms with Gasteiger partial charge in [0.25, 0.3) is 5.91 Å². The van der Waals surface area contributed by atoms with Crippen LogP contribution in [0.3, 0.4) is 0 Å². The first-order valence-electron chi connectivity index (χ1n) is 5.94. The smallest absolute Gasteiger partial charge is 0.256 e. The minimum Gasteiger partial charge on any atom is -0.321 e. The molecule has 86 valence electrons. The molecule has 3 rings (SSSR count). The Morgan fingerprint density at radius 1 is 1.00 bits per heavy atom. The van der Waals surface area contributed by atoms with Gasteiger partial charge in [-0.3, -0.25) is 9.59 Å². The number of rotatable bonds is 0. The van der Waals surface area contributed by atoms with Gasteiger partial charge < -0.3 is 5.32 Å². The van der Waals surface area contributed by atoms with E-state index in [1.807, 2.05) is 24.3 Å². The van der Waals surface area contributed by atoms with Crippen LogP contribution in [0.2, 0.25) is 0 Å². The zero-order valence-corrected chi connectivity index (χ0v) is 9.45. The van der Waals surface area contributed by atoms with Crippen LogP contribution in [0.15, 0.2) is 29.8 Å². The Morgan fingerprint density at radius 3 is 2.59 bits per heavy atom. The topological polar surface area (TPSA) is 46.2 Å². The molecule has 1 aliphatic carbocycles. The van der Waals surface area contributed by atoms with E-state index in [9.17, 15) is 9.59 Å². The first-order chi connectivity index (χ1) is 8.27. The molecular weight excluding hydrogens is 214 g/mol. The molecule has 1 aromatic carbocycles. The Balaban J connectivity index is 2.17. The molecule has 1 heterocycles. The second kappa shape index (κ2) is 3.84. The van der Waals surface area contributed by atoms with Crippen LogP contribution in [0.5, 0.6) is 0 Å². The summed E-state index contributed by atoms with van der Waals surface area (Å²) in [6.45, 7) is 0. The van der Waals surface area contributed by atoms with E-state index in [4.69, 9.17) is 0 Å². The van der Waals surface area contributed by atoms with Crippen LogP contribution in [0.4, 0.5) is 5.69 Å². The highest BCUT2D eigenvalue weighted by Crippen LogP contribution is 2.36. The monoisotopic (exact) mass is 227 g/mol. The normalized spacial score (nSPS) is 23.5. The molecule has 0 saturated heterocycles. The molecule has 0 spiro atoms. The highest BCUT2D eigenvalue weighted by Gasteiger charge is 2.30. The van der Waals surface area contributed by atoms with Crippen molar-refractivity contribution in [2.24, 2.45) is 0 Å². The zero-order chi connectivity index (χ0) is 11.8. The molecule has 2 aliphatic rings. The van der Waals surface area contributed by atoms with Crippen LogP contribution in [0.25, 0.3) is 5.57 Å². The molecule has 1 aliphatic heterocycles. The van der Waals surface area contributed by atoms with Gasteiger partial charge in [0.2, 0.25) is 0 Å². The first kappa shape index (κ1) is 10.3. The minimum atomic E-state index is -0.128. The Labute approximate surface area is 99.5 Å². The van der Waals surface area contributed by atoms with Crippen LogP contribution in [-0.2, 0) is 9.59 Å². The van der Waals surface area contributed by atoms with E-state index in [2.05, 4.69) is 5.32 Å². The summed E-state index contributed by atoms with van der Waals surface area (Å²) in [5, 5.41) is 2.82. The summed E-state index contributed by atoms with van der Waals surface area (Å²) < 4.78 is 0. The van der Waals surface area contributed by atoms with Gasteiger partial charge in [0.05, 0.1) is 5.57 Å². The number of benzene rings is 1. The second-order valence-electron chi connectivity index (χ2n) is 4.48. The molecule has 3 heteroatoms. The number of amides is 1. The Hall–Kier alpha value is -1.90. The molecular formula is C14H13NO2. The lowest BCUT2D eigenvalue weighted by Gasteiger charge is -2.14. The highest BCUT2D eigenvalue weighted by atomic mass is 16.2. The zero-order valence-electron chi connectivity index (χ0n) is 9.45. The largest absolute Gasteiger partial charge is 0.321 e. The summed E-state index contributed by atoms with van der Waals surface area (Å²) in [6, 6.07) is 7.55. The van der Waals surface area contributed by atoms with E-state index in [0.717, 1.165) is 36.1 Å². The number of anilines is 1. The highest BCUT2D eigenvalue weighted by molar-refractivity contribution is 6.35.